The van der Waals surface area contributed by atoms with Crippen LogP contribution in [0.25, 0.3) is 10.9 Å². The summed E-state index contributed by atoms with van der Waals surface area (Å²) in [6.07, 6.45) is 1.95. The van der Waals surface area contributed by atoms with Crippen LogP contribution in [0.5, 0.6) is 0 Å². The highest BCUT2D eigenvalue weighted by atomic mass is 16.4. The van der Waals surface area contributed by atoms with E-state index >= 15 is 0 Å². The van der Waals surface area contributed by atoms with Gasteiger partial charge in [-0.3, -0.25) is 0 Å². The second-order valence-corrected chi connectivity index (χ2v) is 5.48. The van der Waals surface area contributed by atoms with E-state index in [4.69, 9.17) is 0 Å². The van der Waals surface area contributed by atoms with Gasteiger partial charge in [-0.1, -0.05) is 35.4 Å². The Kier molecular flexibility index (Phi) is 3.26. The number of carboxylic acid groups (broad SMARTS) is 1. The van der Waals surface area contributed by atoms with Crippen LogP contribution in [0.1, 0.15) is 27.0 Å². The maximum atomic E-state index is 11.3. The van der Waals surface area contributed by atoms with Gasteiger partial charge < -0.3 is 9.67 Å². The van der Waals surface area contributed by atoms with E-state index in [9.17, 15) is 9.90 Å². The molecule has 3 heteroatoms. The van der Waals surface area contributed by atoms with E-state index in [1.165, 1.54) is 16.7 Å². The number of hydrogen-bond donors (Lipinski definition) is 1. The third kappa shape index (κ3) is 2.55. The van der Waals surface area contributed by atoms with E-state index in [-0.39, 0.29) is 0 Å². The van der Waals surface area contributed by atoms with Crippen molar-refractivity contribution in [3.63, 3.8) is 0 Å². The first kappa shape index (κ1) is 13.4. The summed E-state index contributed by atoms with van der Waals surface area (Å²) in [5, 5.41) is 10.0. The van der Waals surface area contributed by atoms with E-state index in [1.807, 2.05) is 18.3 Å². The van der Waals surface area contributed by atoms with Gasteiger partial charge in [0.05, 0.1) is 5.56 Å². The van der Waals surface area contributed by atoms with Crippen LogP contribution in [0.3, 0.4) is 0 Å². The summed E-state index contributed by atoms with van der Waals surface area (Å²) in [5.74, 6) is -0.884. The van der Waals surface area contributed by atoms with E-state index in [0.717, 1.165) is 17.4 Å². The molecular weight excluding hydrogens is 262 g/mol. The number of carbonyl (C=O) groups is 1. The van der Waals surface area contributed by atoms with Crippen LogP contribution in [-0.4, -0.2) is 15.6 Å². The van der Waals surface area contributed by atoms with Crippen molar-refractivity contribution in [3.05, 3.63) is 70.9 Å². The molecule has 0 fully saturated rings. The number of nitrogens with zero attached hydrogens (tertiary/aromatic N) is 1. The monoisotopic (exact) mass is 279 g/mol. The molecule has 0 radical (unpaired) electrons. The minimum atomic E-state index is -0.884. The lowest BCUT2D eigenvalue weighted by Gasteiger charge is -2.08. The number of rotatable bonds is 3. The van der Waals surface area contributed by atoms with Gasteiger partial charge in [0.1, 0.15) is 0 Å². The molecule has 0 saturated carbocycles. The Hall–Kier alpha value is -2.55. The molecule has 0 aliphatic heterocycles. The molecule has 0 amide bonds. The fourth-order valence-corrected chi connectivity index (χ4v) is 2.90. The standard InChI is InChI=1S/C18H17NO2/c1-12-8-13(2)10-14(9-12)11-19-7-6-15-16(18(20)21)4-3-5-17(15)19/h3-10H,11H2,1-2H3,(H,20,21). The van der Waals surface area contributed by atoms with Gasteiger partial charge in [0, 0.05) is 23.6 Å². The minimum absolute atomic E-state index is 0.353. The average molecular weight is 279 g/mol. The summed E-state index contributed by atoms with van der Waals surface area (Å²) in [4.78, 5) is 11.3. The number of aryl methyl sites for hydroxylation is 2. The van der Waals surface area contributed by atoms with Crippen molar-refractivity contribution in [3.8, 4) is 0 Å². The zero-order chi connectivity index (χ0) is 15.0. The fraction of sp³-hybridized carbons (Fsp3) is 0.167. The third-order valence-electron chi connectivity index (χ3n) is 3.68. The highest BCUT2D eigenvalue weighted by Gasteiger charge is 2.11. The summed E-state index contributed by atoms with van der Waals surface area (Å²) in [7, 11) is 0. The van der Waals surface area contributed by atoms with Crippen molar-refractivity contribution in [2.75, 3.05) is 0 Å². The lowest BCUT2D eigenvalue weighted by Crippen LogP contribution is -2.00. The van der Waals surface area contributed by atoms with Crippen molar-refractivity contribution in [1.82, 2.24) is 4.57 Å². The second kappa shape index (κ2) is 5.09. The summed E-state index contributed by atoms with van der Waals surface area (Å²) < 4.78 is 2.09. The molecule has 1 heterocycles. The van der Waals surface area contributed by atoms with Crippen molar-refractivity contribution >= 4 is 16.9 Å². The quantitative estimate of drug-likeness (QED) is 0.787. The lowest BCUT2D eigenvalue weighted by molar-refractivity contribution is 0.0699. The van der Waals surface area contributed by atoms with Crippen LogP contribution in [0.2, 0.25) is 0 Å². The smallest absolute Gasteiger partial charge is 0.336 e. The zero-order valence-electron chi connectivity index (χ0n) is 12.1. The molecule has 3 nitrogen and oxygen atoms in total. The molecule has 1 N–H and O–H groups in total. The molecule has 0 atom stereocenters. The molecule has 106 valence electrons. The number of fused-ring (bicyclic) bond motifs is 1. The number of hydrogen-bond acceptors (Lipinski definition) is 1. The van der Waals surface area contributed by atoms with Gasteiger partial charge >= 0.3 is 5.97 Å². The molecule has 0 aliphatic rings. The fourth-order valence-electron chi connectivity index (χ4n) is 2.90. The molecule has 0 bridgehead atoms. The van der Waals surface area contributed by atoms with Gasteiger partial charge in [-0.25, -0.2) is 4.79 Å². The predicted molar refractivity (Wildman–Crippen MR) is 83.9 cm³/mol. The van der Waals surface area contributed by atoms with Crippen LogP contribution >= 0.6 is 0 Å². The third-order valence-corrected chi connectivity index (χ3v) is 3.68. The predicted octanol–water partition coefficient (Wildman–Crippen LogP) is 4.00. The maximum Gasteiger partial charge on any atom is 0.336 e. The minimum Gasteiger partial charge on any atom is -0.478 e. The van der Waals surface area contributed by atoms with E-state index in [2.05, 4.69) is 36.6 Å². The van der Waals surface area contributed by atoms with Crippen LogP contribution in [0.4, 0.5) is 0 Å². The Bertz CT molecular complexity index is 810. The zero-order valence-corrected chi connectivity index (χ0v) is 12.1. The van der Waals surface area contributed by atoms with Crippen molar-refractivity contribution in [2.45, 2.75) is 20.4 Å². The molecule has 3 rings (SSSR count). The molecule has 0 spiro atoms. The molecule has 2 aromatic carbocycles. The number of carboxylic acids is 1. The van der Waals surface area contributed by atoms with Gasteiger partial charge in [0.15, 0.2) is 0 Å². The first-order valence-corrected chi connectivity index (χ1v) is 6.93. The van der Waals surface area contributed by atoms with Crippen molar-refractivity contribution < 1.29 is 9.90 Å². The van der Waals surface area contributed by atoms with Crippen LogP contribution in [-0.2, 0) is 6.54 Å². The second-order valence-electron chi connectivity index (χ2n) is 5.48. The van der Waals surface area contributed by atoms with E-state index in [1.54, 1.807) is 12.1 Å². The van der Waals surface area contributed by atoms with Gasteiger partial charge in [-0.2, -0.15) is 0 Å². The van der Waals surface area contributed by atoms with Gasteiger partial charge in [-0.15, -0.1) is 0 Å². The van der Waals surface area contributed by atoms with Crippen molar-refractivity contribution in [2.24, 2.45) is 0 Å². The van der Waals surface area contributed by atoms with E-state index in [0.29, 0.717) is 5.56 Å². The van der Waals surface area contributed by atoms with E-state index < -0.39 is 5.97 Å². The van der Waals surface area contributed by atoms with Crippen LogP contribution < -0.4 is 0 Å². The van der Waals surface area contributed by atoms with Gasteiger partial charge in [0.2, 0.25) is 0 Å². The first-order valence-electron chi connectivity index (χ1n) is 6.93. The summed E-state index contributed by atoms with van der Waals surface area (Å²) in [6.45, 7) is 4.93. The molecule has 0 aliphatic carbocycles. The Morgan fingerprint density at radius 3 is 2.48 bits per heavy atom. The average Bonchev–Trinajstić information content (AvgIpc) is 2.80. The molecule has 1 aromatic heterocycles. The molecule has 0 saturated heterocycles. The Labute approximate surface area is 123 Å². The summed E-state index contributed by atoms with van der Waals surface area (Å²) >= 11 is 0. The Morgan fingerprint density at radius 2 is 1.81 bits per heavy atom. The highest BCUT2D eigenvalue weighted by Crippen LogP contribution is 2.22. The molecule has 0 unspecified atom stereocenters. The topological polar surface area (TPSA) is 42.2 Å². The number of aromatic nitrogens is 1. The number of benzene rings is 2. The first-order chi connectivity index (χ1) is 10.0. The maximum absolute atomic E-state index is 11.3. The van der Waals surface area contributed by atoms with Gasteiger partial charge in [0.25, 0.3) is 0 Å². The SMILES string of the molecule is Cc1cc(C)cc(Cn2ccc3c(C(=O)O)cccc32)c1. The van der Waals surface area contributed by atoms with Crippen molar-refractivity contribution in [1.29, 1.82) is 0 Å². The molecule has 3 aromatic rings. The number of aromatic carboxylic acids is 1. The summed E-state index contributed by atoms with van der Waals surface area (Å²) in [5.41, 5.74) is 5.02. The molecule has 21 heavy (non-hydrogen) atoms. The Balaban J connectivity index is 2.05. The summed E-state index contributed by atoms with van der Waals surface area (Å²) in [6, 6.07) is 13.8. The normalized spacial score (nSPS) is 11.0. The van der Waals surface area contributed by atoms with Gasteiger partial charge in [-0.05, 0) is 37.6 Å². The van der Waals surface area contributed by atoms with Crippen LogP contribution in [0.15, 0.2) is 48.7 Å². The Morgan fingerprint density at radius 1 is 1.10 bits per heavy atom. The molecular formula is C18H17NO2. The van der Waals surface area contributed by atoms with Crippen LogP contribution in [0, 0.1) is 13.8 Å². The largest absolute Gasteiger partial charge is 0.478 e. The highest BCUT2D eigenvalue weighted by molar-refractivity contribution is 6.02. The lowest BCUT2D eigenvalue weighted by atomic mass is 10.1.